The molecule has 16 heavy (non-hydrogen) atoms. The Hall–Kier alpha value is 0.390. The monoisotopic (exact) mass is 248 g/mol. The maximum atomic E-state index is 10.2. The average molecular weight is 248 g/mol. The summed E-state index contributed by atoms with van der Waals surface area (Å²) in [5.74, 6) is 0. The third-order valence-corrected chi connectivity index (χ3v) is 7.73. The SMILES string of the molecule is CCCCCCCCCC[PH](O)(CC)CC. The molecule has 2 heteroatoms. The van der Waals surface area contributed by atoms with Crippen LogP contribution in [-0.4, -0.2) is 23.4 Å². The third kappa shape index (κ3) is 8.53. The molecule has 0 spiro atoms. The van der Waals surface area contributed by atoms with E-state index in [1.54, 1.807) is 0 Å². The van der Waals surface area contributed by atoms with Crippen LogP contribution < -0.4 is 0 Å². The molecular formula is C14H33OP. The standard InChI is InChI=1S/C14H33OP/c1-4-7-8-9-10-11-12-13-14-16(15,5-2)6-3/h15-16H,4-14H2,1-3H3. The fourth-order valence-corrected chi connectivity index (χ4v) is 4.31. The van der Waals surface area contributed by atoms with E-state index in [1.807, 2.05) is 0 Å². The number of unbranched alkanes of at least 4 members (excludes halogenated alkanes) is 7. The van der Waals surface area contributed by atoms with Gasteiger partial charge in [0, 0.05) is 0 Å². The average Bonchev–Trinajstić information content (AvgIpc) is 2.32. The molecule has 0 heterocycles. The van der Waals surface area contributed by atoms with Crippen LogP contribution in [0.4, 0.5) is 0 Å². The molecular weight excluding hydrogens is 215 g/mol. The Kier molecular flexibility index (Phi) is 10.8. The van der Waals surface area contributed by atoms with Gasteiger partial charge in [-0.05, 0) is 0 Å². The molecule has 0 rings (SSSR count). The Morgan fingerprint density at radius 3 is 1.56 bits per heavy atom. The summed E-state index contributed by atoms with van der Waals surface area (Å²) < 4.78 is 0. The topological polar surface area (TPSA) is 20.2 Å². The van der Waals surface area contributed by atoms with E-state index in [4.69, 9.17) is 0 Å². The van der Waals surface area contributed by atoms with E-state index >= 15 is 0 Å². The van der Waals surface area contributed by atoms with Gasteiger partial charge in [0.05, 0.1) is 0 Å². The van der Waals surface area contributed by atoms with Crippen molar-refractivity contribution in [2.45, 2.75) is 72.1 Å². The Morgan fingerprint density at radius 1 is 0.688 bits per heavy atom. The second-order valence-electron chi connectivity index (χ2n) is 5.16. The van der Waals surface area contributed by atoms with E-state index in [9.17, 15) is 4.89 Å². The summed E-state index contributed by atoms with van der Waals surface area (Å²) in [7, 11) is -1.78. The van der Waals surface area contributed by atoms with Gasteiger partial charge in [-0.1, -0.05) is 0 Å². The van der Waals surface area contributed by atoms with Crippen molar-refractivity contribution in [3.8, 4) is 0 Å². The van der Waals surface area contributed by atoms with Crippen LogP contribution in [0.5, 0.6) is 0 Å². The minimum atomic E-state index is -1.78. The summed E-state index contributed by atoms with van der Waals surface area (Å²) in [4.78, 5) is 10.2. The number of hydrogen-bond acceptors (Lipinski definition) is 1. The fourth-order valence-electron chi connectivity index (χ4n) is 2.19. The predicted octanol–water partition coefficient (Wildman–Crippen LogP) is 4.82. The fraction of sp³-hybridized carbons (Fsp3) is 1.00. The Labute approximate surface area is 103 Å². The molecule has 100 valence electrons. The van der Waals surface area contributed by atoms with Gasteiger partial charge in [0.2, 0.25) is 0 Å². The molecule has 0 amide bonds. The van der Waals surface area contributed by atoms with Gasteiger partial charge in [0.15, 0.2) is 0 Å². The zero-order chi connectivity index (χ0) is 12.3. The molecule has 0 aromatic rings. The summed E-state index contributed by atoms with van der Waals surface area (Å²) in [6.45, 7) is 6.57. The Bertz CT molecular complexity index is 144. The zero-order valence-electron chi connectivity index (χ0n) is 11.7. The van der Waals surface area contributed by atoms with E-state index in [1.165, 1.54) is 51.4 Å². The Balaban J connectivity index is 3.26. The first-order valence-corrected chi connectivity index (χ1v) is 9.97. The van der Waals surface area contributed by atoms with Crippen LogP contribution in [0.15, 0.2) is 0 Å². The van der Waals surface area contributed by atoms with Crippen LogP contribution >= 0.6 is 7.49 Å². The van der Waals surface area contributed by atoms with Crippen LogP contribution in [-0.2, 0) is 0 Å². The molecule has 1 N–H and O–H groups in total. The minimum absolute atomic E-state index is 1.04. The molecule has 0 fully saturated rings. The molecule has 0 aromatic heterocycles. The van der Waals surface area contributed by atoms with Crippen molar-refractivity contribution in [2.75, 3.05) is 18.5 Å². The summed E-state index contributed by atoms with van der Waals surface area (Å²) in [6.07, 6.45) is 14.2. The third-order valence-electron chi connectivity index (χ3n) is 3.81. The van der Waals surface area contributed by atoms with Crippen LogP contribution in [0.25, 0.3) is 0 Å². The van der Waals surface area contributed by atoms with E-state index in [-0.39, 0.29) is 0 Å². The van der Waals surface area contributed by atoms with Gasteiger partial charge in [0.25, 0.3) is 0 Å². The summed E-state index contributed by atoms with van der Waals surface area (Å²) >= 11 is 0. The molecule has 0 saturated heterocycles. The maximum absolute atomic E-state index is 10.2. The van der Waals surface area contributed by atoms with Gasteiger partial charge in [-0.25, -0.2) is 0 Å². The molecule has 1 nitrogen and oxygen atoms in total. The zero-order valence-corrected chi connectivity index (χ0v) is 12.7. The normalized spacial score (nSPS) is 13.0. The quantitative estimate of drug-likeness (QED) is 0.410. The Morgan fingerprint density at radius 2 is 1.12 bits per heavy atom. The van der Waals surface area contributed by atoms with E-state index in [2.05, 4.69) is 20.8 Å². The van der Waals surface area contributed by atoms with E-state index in [0.29, 0.717) is 0 Å². The van der Waals surface area contributed by atoms with Gasteiger partial charge in [-0.15, -0.1) is 0 Å². The molecule has 0 bridgehead atoms. The van der Waals surface area contributed by atoms with Crippen molar-refractivity contribution in [3.63, 3.8) is 0 Å². The predicted molar refractivity (Wildman–Crippen MR) is 79.1 cm³/mol. The first-order chi connectivity index (χ1) is 7.68. The molecule has 0 atom stereocenters. The molecule has 0 radical (unpaired) electrons. The summed E-state index contributed by atoms with van der Waals surface area (Å²) in [5.41, 5.74) is 0. The first-order valence-electron chi connectivity index (χ1n) is 7.41. The molecule has 0 aliphatic carbocycles. The molecule has 0 aliphatic rings. The van der Waals surface area contributed by atoms with Gasteiger partial charge in [-0.3, -0.25) is 0 Å². The van der Waals surface area contributed by atoms with Gasteiger partial charge >= 0.3 is 103 Å². The van der Waals surface area contributed by atoms with Crippen molar-refractivity contribution >= 4 is 7.49 Å². The number of hydrogen-bond donors (Lipinski definition) is 1. The van der Waals surface area contributed by atoms with Gasteiger partial charge < -0.3 is 0 Å². The van der Waals surface area contributed by atoms with Gasteiger partial charge in [0.1, 0.15) is 0 Å². The second-order valence-corrected chi connectivity index (χ2v) is 9.52. The van der Waals surface area contributed by atoms with Crippen LogP contribution in [0.1, 0.15) is 72.1 Å². The molecule has 0 saturated carbocycles. The number of rotatable bonds is 11. The van der Waals surface area contributed by atoms with Crippen LogP contribution in [0, 0.1) is 0 Å². The summed E-state index contributed by atoms with van der Waals surface area (Å²) in [6, 6.07) is 0. The van der Waals surface area contributed by atoms with Crippen molar-refractivity contribution in [1.29, 1.82) is 0 Å². The van der Waals surface area contributed by atoms with Crippen LogP contribution in [0.3, 0.4) is 0 Å². The van der Waals surface area contributed by atoms with E-state index in [0.717, 1.165) is 18.5 Å². The van der Waals surface area contributed by atoms with Crippen molar-refractivity contribution in [3.05, 3.63) is 0 Å². The molecule has 0 aliphatic heterocycles. The second kappa shape index (κ2) is 10.5. The van der Waals surface area contributed by atoms with Crippen molar-refractivity contribution < 1.29 is 4.89 Å². The van der Waals surface area contributed by atoms with Crippen molar-refractivity contribution in [2.24, 2.45) is 0 Å². The molecule has 0 aromatic carbocycles. The first kappa shape index (κ1) is 16.4. The van der Waals surface area contributed by atoms with Gasteiger partial charge in [-0.2, -0.15) is 0 Å². The van der Waals surface area contributed by atoms with Crippen molar-refractivity contribution in [1.82, 2.24) is 0 Å². The van der Waals surface area contributed by atoms with Crippen LogP contribution in [0.2, 0.25) is 0 Å². The molecule has 0 unspecified atom stereocenters. The van der Waals surface area contributed by atoms with E-state index < -0.39 is 7.49 Å². The summed E-state index contributed by atoms with van der Waals surface area (Å²) in [5, 5.41) is 0.